The molecule has 0 saturated heterocycles. The molecule has 1 amide bonds. The van der Waals surface area contributed by atoms with Gasteiger partial charge in [-0.2, -0.15) is 0 Å². The van der Waals surface area contributed by atoms with Crippen LogP contribution in [-0.2, 0) is 11.3 Å². The van der Waals surface area contributed by atoms with E-state index in [1.807, 2.05) is 67.6 Å². The molecule has 0 aromatic heterocycles. The molecule has 0 bridgehead atoms. The smallest absolute Gasteiger partial charge is 0.228 e. The second-order valence-corrected chi connectivity index (χ2v) is 4.98. The molecule has 3 heteroatoms. The van der Waals surface area contributed by atoms with Gasteiger partial charge in [-0.15, -0.1) is 0 Å². The molecule has 0 aliphatic heterocycles. The SMILES string of the molecule is CC(N)CC(=O)N(Cc1ccccc1)c1ccccc1. The van der Waals surface area contributed by atoms with Crippen molar-refractivity contribution in [1.82, 2.24) is 0 Å². The van der Waals surface area contributed by atoms with Gasteiger partial charge in [-0.25, -0.2) is 0 Å². The predicted molar refractivity (Wildman–Crippen MR) is 82.3 cm³/mol. The summed E-state index contributed by atoms with van der Waals surface area (Å²) in [6.07, 6.45) is 0.349. The fraction of sp³-hybridized carbons (Fsp3) is 0.235. The summed E-state index contributed by atoms with van der Waals surface area (Å²) in [6.45, 7) is 2.42. The van der Waals surface area contributed by atoms with Gasteiger partial charge in [0.15, 0.2) is 0 Å². The van der Waals surface area contributed by atoms with Gasteiger partial charge in [-0.1, -0.05) is 48.5 Å². The molecule has 3 nitrogen and oxygen atoms in total. The van der Waals surface area contributed by atoms with Crippen LogP contribution in [0.2, 0.25) is 0 Å². The van der Waals surface area contributed by atoms with E-state index in [0.29, 0.717) is 13.0 Å². The molecule has 0 aliphatic rings. The van der Waals surface area contributed by atoms with E-state index in [-0.39, 0.29) is 11.9 Å². The van der Waals surface area contributed by atoms with E-state index in [1.54, 1.807) is 4.90 Å². The molecule has 2 aromatic carbocycles. The summed E-state index contributed by atoms with van der Waals surface area (Å²) in [5, 5.41) is 0. The Balaban J connectivity index is 2.23. The number of anilines is 1. The minimum atomic E-state index is -0.135. The topological polar surface area (TPSA) is 46.3 Å². The number of benzene rings is 2. The summed E-state index contributed by atoms with van der Waals surface area (Å²) in [7, 11) is 0. The molecule has 1 unspecified atom stereocenters. The molecule has 1 atom stereocenters. The third-order valence-electron chi connectivity index (χ3n) is 3.05. The third-order valence-corrected chi connectivity index (χ3v) is 3.05. The van der Waals surface area contributed by atoms with Gasteiger partial charge in [0.1, 0.15) is 0 Å². The molecule has 0 fully saturated rings. The molecule has 2 N–H and O–H groups in total. The number of rotatable bonds is 5. The summed E-state index contributed by atoms with van der Waals surface area (Å²) in [5.41, 5.74) is 7.77. The third kappa shape index (κ3) is 3.93. The predicted octanol–water partition coefficient (Wildman–Crippen LogP) is 2.96. The lowest BCUT2D eigenvalue weighted by Crippen LogP contribution is -2.34. The van der Waals surface area contributed by atoms with Crippen LogP contribution >= 0.6 is 0 Å². The first-order valence-corrected chi connectivity index (χ1v) is 6.81. The van der Waals surface area contributed by atoms with E-state index in [1.165, 1.54) is 0 Å². The Morgan fingerprint density at radius 2 is 1.60 bits per heavy atom. The van der Waals surface area contributed by atoms with Gasteiger partial charge in [0, 0.05) is 18.2 Å². The zero-order valence-electron chi connectivity index (χ0n) is 11.7. The Kier molecular flexibility index (Phi) is 4.91. The van der Waals surface area contributed by atoms with Crippen LogP contribution in [0.1, 0.15) is 18.9 Å². The van der Waals surface area contributed by atoms with Crippen molar-refractivity contribution < 1.29 is 4.79 Å². The van der Waals surface area contributed by atoms with Gasteiger partial charge in [-0.05, 0) is 24.6 Å². The number of hydrogen-bond acceptors (Lipinski definition) is 2. The van der Waals surface area contributed by atoms with E-state index < -0.39 is 0 Å². The van der Waals surface area contributed by atoms with Crippen LogP contribution in [0.5, 0.6) is 0 Å². The van der Waals surface area contributed by atoms with Crippen LogP contribution in [0.25, 0.3) is 0 Å². The molecular formula is C17H20N2O. The highest BCUT2D eigenvalue weighted by atomic mass is 16.2. The Morgan fingerprint density at radius 1 is 1.05 bits per heavy atom. The normalized spacial score (nSPS) is 11.9. The lowest BCUT2D eigenvalue weighted by molar-refractivity contribution is -0.119. The van der Waals surface area contributed by atoms with Crippen molar-refractivity contribution in [3.05, 3.63) is 66.2 Å². The number of carbonyl (C=O) groups excluding carboxylic acids is 1. The van der Waals surface area contributed by atoms with E-state index in [4.69, 9.17) is 5.73 Å². The zero-order chi connectivity index (χ0) is 14.4. The van der Waals surface area contributed by atoms with Crippen molar-refractivity contribution in [2.24, 2.45) is 5.73 Å². The maximum absolute atomic E-state index is 12.4. The van der Waals surface area contributed by atoms with Crippen molar-refractivity contribution in [2.45, 2.75) is 25.9 Å². The minimum Gasteiger partial charge on any atom is -0.327 e. The fourth-order valence-electron chi connectivity index (χ4n) is 2.08. The molecular weight excluding hydrogens is 248 g/mol. The number of nitrogens with two attached hydrogens (primary N) is 1. The lowest BCUT2D eigenvalue weighted by atomic mass is 10.1. The van der Waals surface area contributed by atoms with Crippen molar-refractivity contribution in [3.63, 3.8) is 0 Å². The molecule has 2 rings (SSSR count). The van der Waals surface area contributed by atoms with Gasteiger partial charge in [0.2, 0.25) is 5.91 Å². The number of carbonyl (C=O) groups is 1. The standard InChI is InChI=1S/C17H20N2O/c1-14(18)12-17(20)19(16-10-6-3-7-11-16)13-15-8-4-2-5-9-15/h2-11,14H,12-13,18H2,1H3. The van der Waals surface area contributed by atoms with E-state index in [0.717, 1.165) is 11.3 Å². The Hall–Kier alpha value is -2.13. The van der Waals surface area contributed by atoms with Crippen LogP contribution < -0.4 is 10.6 Å². The summed E-state index contributed by atoms with van der Waals surface area (Å²) >= 11 is 0. The quantitative estimate of drug-likeness (QED) is 0.906. The fourth-order valence-corrected chi connectivity index (χ4v) is 2.08. The summed E-state index contributed by atoms with van der Waals surface area (Å²) < 4.78 is 0. The van der Waals surface area contributed by atoms with Gasteiger partial charge in [0.25, 0.3) is 0 Å². The summed E-state index contributed by atoms with van der Waals surface area (Å²) in [4.78, 5) is 14.2. The zero-order valence-corrected chi connectivity index (χ0v) is 11.7. The van der Waals surface area contributed by atoms with Crippen molar-refractivity contribution >= 4 is 11.6 Å². The van der Waals surface area contributed by atoms with Crippen molar-refractivity contribution in [1.29, 1.82) is 0 Å². The first kappa shape index (κ1) is 14.3. The highest BCUT2D eigenvalue weighted by Gasteiger charge is 2.17. The Labute approximate surface area is 120 Å². The molecule has 20 heavy (non-hydrogen) atoms. The van der Waals surface area contributed by atoms with E-state index in [2.05, 4.69) is 0 Å². The van der Waals surface area contributed by atoms with Gasteiger partial charge in [-0.3, -0.25) is 4.79 Å². The Bertz CT molecular complexity index is 537. The largest absolute Gasteiger partial charge is 0.327 e. The van der Waals surface area contributed by atoms with Crippen molar-refractivity contribution in [3.8, 4) is 0 Å². The summed E-state index contributed by atoms with van der Waals surface area (Å²) in [6, 6.07) is 19.6. The molecule has 104 valence electrons. The van der Waals surface area contributed by atoms with Crippen LogP contribution in [0.4, 0.5) is 5.69 Å². The van der Waals surface area contributed by atoms with Gasteiger partial charge in [0.05, 0.1) is 6.54 Å². The maximum atomic E-state index is 12.4. The monoisotopic (exact) mass is 268 g/mol. The molecule has 0 radical (unpaired) electrons. The first-order chi connectivity index (χ1) is 9.66. The van der Waals surface area contributed by atoms with E-state index in [9.17, 15) is 4.79 Å². The molecule has 0 aliphatic carbocycles. The maximum Gasteiger partial charge on any atom is 0.228 e. The van der Waals surface area contributed by atoms with Crippen LogP contribution in [0.15, 0.2) is 60.7 Å². The lowest BCUT2D eigenvalue weighted by Gasteiger charge is -2.24. The average Bonchev–Trinajstić information content (AvgIpc) is 2.46. The number of nitrogens with zero attached hydrogens (tertiary/aromatic N) is 1. The highest BCUT2D eigenvalue weighted by Crippen LogP contribution is 2.18. The van der Waals surface area contributed by atoms with Gasteiger partial charge < -0.3 is 10.6 Å². The number of hydrogen-bond donors (Lipinski definition) is 1. The molecule has 2 aromatic rings. The second kappa shape index (κ2) is 6.87. The van der Waals surface area contributed by atoms with Crippen LogP contribution in [0, 0.1) is 0 Å². The Morgan fingerprint density at radius 3 is 2.15 bits per heavy atom. The number of amides is 1. The van der Waals surface area contributed by atoms with Crippen molar-refractivity contribution in [2.75, 3.05) is 4.90 Å². The van der Waals surface area contributed by atoms with E-state index >= 15 is 0 Å². The average molecular weight is 268 g/mol. The van der Waals surface area contributed by atoms with Gasteiger partial charge >= 0.3 is 0 Å². The molecule has 0 spiro atoms. The molecule has 0 heterocycles. The highest BCUT2D eigenvalue weighted by molar-refractivity contribution is 5.93. The van der Waals surface area contributed by atoms with Crippen LogP contribution in [0.3, 0.4) is 0 Å². The molecule has 0 saturated carbocycles. The second-order valence-electron chi connectivity index (χ2n) is 4.98. The first-order valence-electron chi connectivity index (χ1n) is 6.81. The van der Waals surface area contributed by atoms with Crippen LogP contribution in [-0.4, -0.2) is 11.9 Å². The minimum absolute atomic E-state index is 0.0510. The summed E-state index contributed by atoms with van der Waals surface area (Å²) in [5.74, 6) is 0.0510. The number of para-hydroxylation sites is 1.